The minimum Gasteiger partial charge on any atom is -0.423 e. The first-order chi connectivity index (χ1) is 15.2. The summed E-state index contributed by atoms with van der Waals surface area (Å²) in [6.45, 7) is 8.69. The van der Waals surface area contributed by atoms with Gasteiger partial charge < -0.3 is 14.2 Å². The Balaban J connectivity index is 1.49. The molecular formula is C23H33N5O3S. The van der Waals surface area contributed by atoms with Crippen LogP contribution in [0.15, 0.2) is 16.5 Å². The summed E-state index contributed by atoms with van der Waals surface area (Å²) >= 11 is 1.56. The van der Waals surface area contributed by atoms with Crippen LogP contribution < -0.4 is 0 Å². The van der Waals surface area contributed by atoms with Gasteiger partial charge in [-0.3, -0.25) is 14.5 Å². The number of likely N-dealkylation sites (tertiary alicyclic amines) is 2. The number of carbonyl (C=O) groups excluding carboxylic acids is 2. The van der Waals surface area contributed by atoms with Crippen molar-refractivity contribution in [3.8, 4) is 0 Å². The fourth-order valence-electron chi connectivity index (χ4n) is 4.74. The average Bonchev–Trinajstić information content (AvgIpc) is 3.47. The lowest BCUT2D eigenvalue weighted by Crippen LogP contribution is -2.44. The molecule has 0 aromatic carbocycles. The summed E-state index contributed by atoms with van der Waals surface area (Å²) in [4.78, 5) is 33.2. The van der Waals surface area contributed by atoms with Crippen molar-refractivity contribution in [1.82, 2.24) is 24.9 Å². The fraction of sp³-hybridized carbons (Fsp3) is 0.652. The molecule has 0 aliphatic carbocycles. The number of amides is 2. The first-order valence-electron chi connectivity index (χ1n) is 11.3. The van der Waals surface area contributed by atoms with Crippen LogP contribution in [-0.4, -0.2) is 77.0 Å². The monoisotopic (exact) mass is 459 g/mol. The smallest absolute Gasteiger partial charge is 0.263 e. The summed E-state index contributed by atoms with van der Waals surface area (Å²) in [5.41, 5.74) is 0.0475. The molecule has 0 radical (unpaired) electrons. The molecule has 9 heteroatoms. The SMILES string of the molecule is Cc1ccc(C(=O)N2CCC3(CC2)CC(c2nnc(C(C)C)o2)N(CC(=O)N(C)C)C3)s1. The first-order valence-corrected chi connectivity index (χ1v) is 12.1. The van der Waals surface area contributed by atoms with Gasteiger partial charge in [0.05, 0.1) is 17.5 Å². The molecule has 174 valence electrons. The van der Waals surface area contributed by atoms with E-state index in [4.69, 9.17) is 4.42 Å². The molecule has 0 saturated carbocycles. The third-order valence-corrected chi connectivity index (χ3v) is 7.73. The summed E-state index contributed by atoms with van der Waals surface area (Å²) < 4.78 is 6.00. The van der Waals surface area contributed by atoms with E-state index in [0.29, 0.717) is 18.3 Å². The second kappa shape index (κ2) is 8.94. The quantitative estimate of drug-likeness (QED) is 0.682. The summed E-state index contributed by atoms with van der Waals surface area (Å²) in [6, 6.07) is 3.86. The predicted molar refractivity (Wildman–Crippen MR) is 123 cm³/mol. The molecule has 2 fully saturated rings. The minimum absolute atomic E-state index is 0.0475. The van der Waals surface area contributed by atoms with Crippen molar-refractivity contribution in [3.63, 3.8) is 0 Å². The van der Waals surface area contributed by atoms with Crippen LogP contribution in [0.3, 0.4) is 0 Å². The number of hydrogen-bond donors (Lipinski definition) is 0. The number of carbonyl (C=O) groups is 2. The highest BCUT2D eigenvalue weighted by molar-refractivity contribution is 7.13. The zero-order chi connectivity index (χ0) is 23.0. The largest absolute Gasteiger partial charge is 0.423 e. The topological polar surface area (TPSA) is 82.8 Å². The van der Waals surface area contributed by atoms with Crippen LogP contribution in [0.4, 0.5) is 0 Å². The third-order valence-electron chi connectivity index (χ3n) is 6.74. The molecule has 2 aliphatic heterocycles. The zero-order valence-electron chi connectivity index (χ0n) is 19.6. The van der Waals surface area contributed by atoms with Crippen LogP contribution in [0.5, 0.6) is 0 Å². The number of aryl methyl sites for hydroxylation is 1. The summed E-state index contributed by atoms with van der Waals surface area (Å²) in [6.07, 6.45) is 2.70. The summed E-state index contributed by atoms with van der Waals surface area (Å²) in [5.74, 6) is 1.59. The fourth-order valence-corrected chi connectivity index (χ4v) is 5.57. The highest BCUT2D eigenvalue weighted by atomic mass is 32.1. The molecule has 4 heterocycles. The van der Waals surface area contributed by atoms with Crippen molar-refractivity contribution in [2.45, 2.75) is 52.0 Å². The van der Waals surface area contributed by atoms with Gasteiger partial charge in [0, 0.05) is 44.5 Å². The van der Waals surface area contributed by atoms with Gasteiger partial charge in [-0.05, 0) is 43.7 Å². The van der Waals surface area contributed by atoms with E-state index in [9.17, 15) is 9.59 Å². The Morgan fingerprint density at radius 2 is 1.97 bits per heavy atom. The maximum absolute atomic E-state index is 12.9. The van der Waals surface area contributed by atoms with Crippen LogP contribution in [0.25, 0.3) is 0 Å². The van der Waals surface area contributed by atoms with Gasteiger partial charge in [0.15, 0.2) is 0 Å². The van der Waals surface area contributed by atoms with Crippen LogP contribution in [-0.2, 0) is 4.79 Å². The number of nitrogens with zero attached hydrogens (tertiary/aromatic N) is 5. The molecule has 32 heavy (non-hydrogen) atoms. The number of piperidine rings is 1. The van der Waals surface area contributed by atoms with Crippen LogP contribution >= 0.6 is 11.3 Å². The Labute approximate surface area is 193 Å². The van der Waals surface area contributed by atoms with Gasteiger partial charge in [-0.2, -0.15) is 0 Å². The van der Waals surface area contributed by atoms with Crippen LogP contribution in [0.1, 0.15) is 71.4 Å². The molecule has 0 N–H and O–H groups in total. The molecule has 2 aromatic rings. The Morgan fingerprint density at radius 1 is 1.25 bits per heavy atom. The van der Waals surface area contributed by atoms with E-state index < -0.39 is 0 Å². The molecule has 1 spiro atoms. The second-order valence-electron chi connectivity index (χ2n) is 9.75. The van der Waals surface area contributed by atoms with E-state index in [0.717, 1.165) is 48.7 Å². The molecule has 2 amide bonds. The normalized spacial score (nSPS) is 20.9. The molecule has 1 atom stereocenters. The highest BCUT2D eigenvalue weighted by Gasteiger charge is 2.48. The Kier molecular flexibility index (Phi) is 6.40. The Hall–Kier alpha value is -2.26. The lowest BCUT2D eigenvalue weighted by molar-refractivity contribution is -0.130. The van der Waals surface area contributed by atoms with Crippen molar-refractivity contribution < 1.29 is 14.0 Å². The Morgan fingerprint density at radius 3 is 2.53 bits per heavy atom. The highest BCUT2D eigenvalue weighted by Crippen LogP contribution is 2.49. The van der Waals surface area contributed by atoms with Crippen molar-refractivity contribution in [2.75, 3.05) is 40.3 Å². The van der Waals surface area contributed by atoms with Gasteiger partial charge >= 0.3 is 0 Å². The van der Waals surface area contributed by atoms with Crippen molar-refractivity contribution in [3.05, 3.63) is 33.7 Å². The van der Waals surface area contributed by atoms with Gasteiger partial charge in [0.1, 0.15) is 0 Å². The van der Waals surface area contributed by atoms with E-state index in [2.05, 4.69) is 15.1 Å². The molecule has 2 aliphatic rings. The maximum atomic E-state index is 12.9. The van der Waals surface area contributed by atoms with Crippen LogP contribution in [0, 0.1) is 12.3 Å². The van der Waals surface area contributed by atoms with Crippen molar-refractivity contribution in [2.24, 2.45) is 5.41 Å². The van der Waals surface area contributed by atoms with E-state index >= 15 is 0 Å². The van der Waals surface area contributed by atoms with Gasteiger partial charge in [-0.1, -0.05) is 13.8 Å². The molecule has 4 rings (SSSR count). The van der Waals surface area contributed by atoms with E-state index in [1.54, 1.807) is 30.3 Å². The summed E-state index contributed by atoms with van der Waals surface area (Å²) in [5, 5.41) is 8.56. The lowest BCUT2D eigenvalue weighted by Gasteiger charge is -2.39. The molecule has 2 aromatic heterocycles. The zero-order valence-corrected chi connectivity index (χ0v) is 20.4. The van der Waals surface area contributed by atoms with E-state index in [-0.39, 0.29) is 29.2 Å². The van der Waals surface area contributed by atoms with Gasteiger partial charge in [0.25, 0.3) is 5.91 Å². The summed E-state index contributed by atoms with van der Waals surface area (Å²) in [7, 11) is 3.56. The standard InChI is InChI=1S/C23H33N5O3S/c1-15(2)20-24-25-21(31-20)17-12-23(14-28(17)13-19(29)26(4)5)8-10-27(11-9-23)22(30)18-7-6-16(3)32-18/h6-7,15,17H,8-14H2,1-5H3. The van der Waals surface area contributed by atoms with E-state index in [1.807, 2.05) is 37.8 Å². The van der Waals surface area contributed by atoms with Crippen molar-refractivity contribution in [1.29, 1.82) is 0 Å². The number of aromatic nitrogens is 2. The number of rotatable bonds is 5. The predicted octanol–water partition coefficient (Wildman–Crippen LogP) is 3.32. The number of thiophene rings is 1. The molecule has 0 bridgehead atoms. The molecule has 2 saturated heterocycles. The maximum Gasteiger partial charge on any atom is 0.263 e. The second-order valence-corrected chi connectivity index (χ2v) is 11.0. The molecular weight excluding hydrogens is 426 g/mol. The van der Waals surface area contributed by atoms with Gasteiger partial charge in [0.2, 0.25) is 17.7 Å². The van der Waals surface area contributed by atoms with Gasteiger partial charge in [-0.15, -0.1) is 21.5 Å². The average molecular weight is 460 g/mol. The lowest BCUT2D eigenvalue weighted by atomic mass is 9.76. The van der Waals surface area contributed by atoms with Gasteiger partial charge in [-0.25, -0.2) is 0 Å². The molecule has 8 nitrogen and oxygen atoms in total. The third kappa shape index (κ3) is 4.59. The van der Waals surface area contributed by atoms with Crippen molar-refractivity contribution >= 4 is 23.2 Å². The Bertz CT molecular complexity index is 974. The minimum atomic E-state index is -0.0684. The van der Waals surface area contributed by atoms with Crippen LogP contribution in [0.2, 0.25) is 0 Å². The first kappa shape index (κ1) is 22.9. The van der Waals surface area contributed by atoms with E-state index in [1.165, 1.54) is 0 Å². The number of likely N-dealkylation sites (N-methyl/N-ethyl adjacent to an activating group) is 1. The molecule has 1 unspecified atom stereocenters. The number of hydrogen-bond acceptors (Lipinski definition) is 7.